The Bertz CT molecular complexity index is 1040. The maximum atomic E-state index is 13.5. The van der Waals surface area contributed by atoms with Gasteiger partial charge in [-0.15, -0.1) is 11.3 Å². The second kappa shape index (κ2) is 8.00. The highest BCUT2D eigenvalue weighted by Crippen LogP contribution is 2.42. The first-order valence-electron chi connectivity index (χ1n) is 8.91. The van der Waals surface area contributed by atoms with Gasteiger partial charge in [-0.05, 0) is 43.1 Å². The number of thiophene rings is 1. The molecule has 4 N–H and O–H groups in total. The number of amides is 1. The highest BCUT2D eigenvalue weighted by atomic mass is 32.1. The molecule has 0 aliphatic rings. The van der Waals surface area contributed by atoms with Crippen molar-refractivity contribution in [2.24, 2.45) is 18.5 Å². The number of nitrogens with two attached hydrogens (primary N) is 2. The molecule has 3 aromatic rings. The summed E-state index contributed by atoms with van der Waals surface area (Å²) in [5.41, 5.74) is 13.1. The van der Waals surface area contributed by atoms with Gasteiger partial charge in [-0.3, -0.25) is 9.48 Å². The van der Waals surface area contributed by atoms with Crippen molar-refractivity contribution in [1.29, 1.82) is 0 Å². The fraction of sp³-hybridized carbons (Fsp3) is 0.300. The topological polar surface area (TPSA) is 86.9 Å². The number of alkyl halides is 3. The van der Waals surface area contributed by atoms with Gasteiger partial charge in [0.25, 0.3) is 5.91 Å². The quantitative estimate of drug-likeness (QED) is 0.632. The van der Waals surface area contributed by atoms with Crippen molar-refractivity contribution in [3.8, 4) is 11.3 Å². The number of nitrogens with zero attached hydrogens (tertiary/aromatic N) is 2. The summed E-state index contributed by atoms with van der Waals surface area (Å²) in [6.07, 6.45) is -2.82. The molecule has 2 heterocycles. The first-order valence-corrected chi connectivity index (χ1v) is 9.73. The van der Waals surface area contributed by atoms with E-state index in [9.17, 15) is 18.0 Å². The molecule has 0 saturated heterocycles. The van der Waals surface area contributed by atoms with Crippen molar-refractivity contribution >= 4 is 17.2 Å². The molecule has 154 valence electrons. The molecule has 9 heteroatoms. The van der Waals surface area contributed by atoms with E-state index in [0.717, 1.165) is 22.2 Å². The first kappa shape index (κ1) is 21.1. The Hall–Kier alpha value is -2.65. The van der Waals surface area contributed by atoms with Crippen LogP contribution in [0, 0.1) is 6.92 Å². The lowest BCUT2D eigenvalue weighted by Crippen LogP contribution is -2.21. The number of carbonyl (C=O) groups excluding carboxylic acids is 1. The van der Waals surface area contributed by atoms with Gasteiger partial charge in [0.1, 0.15) is 0 Å². The molecule has 0 spiro atoms. The van der Waals surface area contributed by atoms with Crippen LogP contribution in [0.3, 0.4) is 0 Å². The van der Waals surface area contributed by atoms with Gasteiger partial charge in [0.15, 0.2) is 0 Å². The molecule has 1 amide bonds. The summed E-state index contributed by atoms with van der Waals surface area (Å²) in [6.45, 7) is 1.91. The van der Waals surface area contributed by atoms with Crippen molar-refractivity contribution in [3.05, 3.63) is 63.0 Å². The molecule has 0 aliphatic carbocycles. The summed E-state index contributed by atoms with van der Waals surface area (Å²) in [5, 5.41) is 4.17. The van der Waals surface area contributed by atoms with Crippen molar-refractivity contribution < 1.29 is 18.0 Å². The maximum absolute atomic E-state index is 13.5. The fourth-order valence-corrected chi connectivity index (χ4v) is 4.72. The normalized spacial score (nSPS) is 12.9. The molecular weight excluding hydrogens is 401 g/mol. The molecule has 2 aromatic heterocycles. The fourth-order valence-electron chi connectivity index (χ4n) is 3.62. The van der Waals surface area contributed by atoms with E-state index >= 15 is 0 Å². The van der Waals surface area contributed by atoms with E-state index in [-0.39, 0.29) is 18.5 Å². The third-order valence-electron chi connectivity index (χ3n) is 4.90. The lowest BCUT2D eigenvalue weighted by molar-refractivity contribution is -0.138. The number of aromatic nitrogens is 2. The van der Waals surface area contributed by atoms with Gasteiger partial charge in [-0.2, -0.15) is 18.3 Å². The Morgan fingerprint density at radius 1 is 1.28 bits per heavy atom. The van der Waals surface area contributed by atoms with E-state index in [1.807, 2.05) is 6.92 Å². The Balaban J connectivity index is 2.16. The number of hydrogen-bond donors (Lipinski definition) is 2. The predicted octanol–water partition coefficient (Wildman–Crippen LogP) is 3.86. The van der Waals surface area contributed by atoms with Gasteiger partial charge >= 0.3 is 6.18 Å². The van der Waals surface area contributed by atoms with Gasteiger partial charge in [-0.1, -0.05) is 18.2 Å². The predicted molar refractivity (Wildman–Crippen MR) is 107 cm³/mol. The lowest BCUT2D eigenvalue weighted by Gasteiger charge is -2.21. The first-order chi connectivity index (χ1) is 13.6. The lowest BCUT2D eigenvalue weighted by atomic mass is 9.86. The average Bonchev–Trinajstić information content (AvgIpc) is 3.21. The Kier molecular flexibility index (Phi) is 5.81. The summed E-state index contributed by atoms with van der Waals surface area (Å²) < 4.78 is 42.0. The molecule has 3 rings (SSSR count). The molecule has 0 unspecified atom stereocenters. The molecule has 0 fully saturated rings. The van der Waals surface area contributed by atoms with Gasteiger partial charge < -0.3 is 11.5 Å². The summed E-state index contributed by atoms with van der Waals surface area (Å²) in [5.74, 6) is -1.14. The van der Waals surface area contributed by atoms with Gasteiger partial charge in [-0.25, -0.2) is 0 Å². The zero-order valence-corrected chi connectivity index (χ0v) is 16.8. The second-order valence-corrected chi connectivity index (χ2v) is 8.00. The smallest absolute Gasteiger partial charge is 0.365 e. The minimum absolute atomic E-state index is 0.0352. The van der Waals surface area contributed by atoms with Gasteiger partial charge in [0, 0.05) is 29.6 Å². The van der Waals surface area contributed by atoms with Crippen LogP contribution in [-0.4, -0.2) is 22.2 Å². The van der Waals surface area contributed by atoms with E-state index in [1.165, 1.54) is 23.5 Å². The van der Waals surface area contributed by atoms with E-state index in [0.29, 0.717) is 10.4 Å². The van der Waals surface area contributed by atoms with Gasteiger partial charge in [0.2, 0.25) is 0 Å². The number of carbonyl (C=O) groups is 1. The number of benzene rings is 1. The number of primary amides is 1. The van der Waals surface area contributed by atoms with Crippen LogP contribution in [-0.2, 0) is 19.6 Å². The van der Waals surface area contributed by atoms with Gasteiger partial charge in [0.05, 0.1) is 16.1 Å². The summed E-state index contributed by atoms with van der Waals surface area (Å²) in [4.78, 5) is 13.3. The SMILES string of the molecule is Cc1sc(C(N)=O)c([C@@H](CN)Cc2ccccc2C(F)(F)F)c1-c1ccnn1C. The summed E-state index contributed by atoms with van der Waals surface area (Å²) >= 11 is 1.23. The second-order valence-electron chi connectivity index (χ2n) is 6.77. The van der Waals surface area contributed by atoms with Crippen LogP contribution in [0.15, 0.2) is 36.5 Å². The van der Waals surface area contributed by atoms with Crippen LogP contribution in [0.2, 0.25) is 0 Å². The Morgan fingerprint density at radius 2 is 1.97 bits per heavy atom. The van der Waals surface area contributed by atoms with Crippen molar-refractivity contribution in [2.75, 3.05) is 6.54 Å². The molecule has 0 aliphatic heterocycles. The molecular formula is C20H21F3N4OS. The Morgan fingerprint density at radius 3 is 2.52 bits per heavy atom. The number of aryl methyl sites for hydroxylation is 2. The zero-order valence-electron chi connectivity index (χ0n) is 16.0. The van der Waals surface area contributed by atoms with Crippen molar-refractivity contribution in [2.45, 2.75) is 25.4 Å². The van der Waals surface area contributed by atoms with Crippen LogP contribution >= 0.6 is 11.3 Å². The van der Waals surface area contributed by atoms with Crippen LogP contribution in [0.5, 0.6) is 0 Å². The average molecular weight is 422 g/mol. The highest BCUT2D eigenvalue weighted by molar-refractivity contribution is 7.14. The maximum Gasteiger partial charge on any atom is 0.416 e. The van der Waals surface area contributed by atoms with Crippen molar-refractivity contribution in [3.63, 3.8) is 0 Å². The summed E-state index contributed by atoms with van der Waals surface area (Å²) in [7, 11) is 1.76. The third kappa shape index (κ3) is 4.06. The molecule has 5 nitrogen and oxygen atoms in total. The third-order valence-corrected chi connectivity index (χ3v) is 6.04. The Labute approximate surface area is 170 Å². The number of halogens is 3. The standard InChI is InChI=1S/C20H21F3N4OS/c1-11-16(15-7-8-26-27(15)2)17(18(29-11)19(25)28)13(10-24)9-12-5-3-4-6-14(12)20(21,22)23/h3-8,13H,9-10,24H2,1-2H3,(H2,25,28)/t13-/m1/s1. The minimum Gasteiger partial charge on any atom is -0.365 e. The van der Waals surface area contributed by atoms with Crippen molar-refractivity contribution in [1.82, 2.24) is 9.78 Å². The van der Waals surface area contributed by atoms with Crippen LogP contribution in [0.4, 0.5) is 13.2 Å². The summed E-state index contributed by atoms with van der Waals surface area (Å²) in [6, 6.07) is 7.21. The molecule has 0 bridgehead atoms. The van der Waals surface area contributed by atoms with Crippen LogP contribution in [0.1, 0.15) is 37.2 Å². The van der Waals surface area contributed by atoms with Crippen LogP contribution < -0.4 is 11.5 Å². The van der Waals surface area contributed by atoms with E-state index in [2.05, 4.69) is 5.10 Å². The largest absolute Gasteiger partial charge is 0.416 e. The number of hydrogen-bond acceptors (Lipinski definition) is 4. The minimum atomic E-state index is -4.47. The highest BCUT2D eigenvalue weighted by Gasteiger charge is 2.34. The van der Waals surface area contributed by atoms with E-state index < -0.39 is 23.6 Å². The molecule has 1 atom stereocenters. The molecule has 1 aromatic carbocycles. The van der Waals surface area contributed by atoms with Crippen LogP contribution in [0.25, 0.3) is 11.3 Å². The van der Waals surface area contributed by atoms with E-state index in [4.69, 9.17) is 11.5 Å². The molecule has 0 radical (unpaired) electrons. The molecule has 29 heavy (non-hydrogen) atoms. The molecule has 0 saturated carbocycles. The van der Waals surface area contributed by atoms with E-state index in [1.54, 1.807) is 30.1 Å². The zero-order chi connectivity index (χ0) is 21.3. The monoisotopic (exact) mass is 422 g/mol. The number of rotatable bonds is 6.